The molecule has 1 aromatic heterocycles. The first kappa shape index (κ1) is 12.6. The summed E-state index contributed by atoms with van der Waals surface area (Å²) in [5, 5.41) is 9.60. The molecule has 0 unspecified atom stereocenters. The maximum atomic E-state index is 13.2. The number of para-hydroxylation sites is 1. The molecule has 4 nitrogen and oxygen atoms in total. The van der Waals surface area contributed by atoms with Gasteiger partial charge in [-0.15, -0.1) is 0 Å². The van der Waals surface area contributed by atoms with Crippen LogP contribution < -0.4 is 0 Å². The van der Waals surface area contributed by atoms with E-state index < -0.39 is 5.82 Å². The van der Waals surface area contributed by atoms with Gasteiger partial charge >= 0.3 is 0 Å². The third-order valence-corrected chi connectivity index (χ3v) is 2.84. The molecule has 0 saturated heterocycles. The summed E-state index contributed by atoms with van der Waals surface area (Å²) in [4.78, 5) is 6.19. The zero-order valence-corrected chi connectivity index (χ0v) is 10.5. The topological polar surface area (TPSA) is 41.3 Å². The lowest BCUT2D eigenvalue weighted by molar-refractivity contribution is 0.299. The van der Waals surface area contributed by atoms with Gasteiger partial charge in [0.1, 0.15) is 5.82 Å². The number of benzene rings is 1. The molecule has 18 heavy (non-hydrogen) atoms. The van der Waals surface area contributed by atoms with Gasteiger partial charge < -0.3 is 9.67 Å². The van der Waals surface area contributed by atoms with E-state index in [-0.39, 0.29) is 5.75 Å². The van der Waals surface area contributed by atoms with E-state index in [0.717, 1.165) is 5.82 Å². The molecule has 2 rings (SSSR count). The Labute approximate surface area is 105 Å². The summed E-state index contributed by atoms with van der Waals surface area (Å²) in [7, 11) is 3.83. The number of rotatable bonds is 4. The molecule has 2 aromatic rings. The maximum absolute atomic E-state index is 13.2. The first-order chi connectivity index (χ1) is 8.58. The van der Waals surface area contributed by atoms with E-state index in [1.165, 1.54) is 6.07 Å². The quantitative estimate of drug-likeness (QED) is 0.899. The van der Waals surface area contributed by atoms with Crippen LogP contribution in [0.3, 0.4) is 0 Å². The van der Waals surface area contributed by atoms with Gasteiger partial charge in [-0.05, 0) is 13.1 Å². The molecule has 0 aliphatic heterocycles. The number of aromatic hydroxyl groups is 1. The van der Waals surface area contributed by atoms with Crippen molar-refractivity contribution in [2.75, 3.05) is 7.05 Å². The van der Waals surface area contributed by atoms with E-state index in [2.05, 4.69) is 4.98 Å². The molecule has 1 aromatic carbocycles. The Hall–Kier alpha value is -1.88. The monoisotopic (exact) mass is 249 g/mol. The lowest BCUT2D eigenvalue weighted by atomic mass is 10.2. The highest BCUT2D eigenvalue weighted by atomic mass is 19.1. The van der Waals surface area contributed by atoms with Gasteiger partial charge in [0, 0.05) is 31.5 Å². The minimum atomic E-state index is -0.585. The Kier molecular flexibility index (Phi) is 3.62. The zero-order chi connectivity index (χ0) is 13.1. The Morgan fingerprint density at radius 3 is 2.83 bits per heavy atom. The van der Waals surface area contributed by atoms with Crippen molar-refractivity contribution in [3.63, 3.8) is 0 Å². The maximum Gasteiger partial charge on any atom is 0.165 e. The van der Waals surface area contributed by atoms with Gasteiger partial charge in [0.05, 0.1) is 6.54 Å². The molecular weight excluding hydrogens is 233 g/mol. The van der Waals surface area contributed by atoms with Crippen molar-refractivity contribution in [3.05, 3.63) is 47.8 Å². The lowest BCUT2D eigenvalue weighted by Crippen LogP contribution is -2.19. The Bertz CT molecular complexity index is 539. The van der Waals surface area contributed by atoms with Gasteiger partial charge in [0.25, 0.3) is 0 Å². The van der Waals surface area contributed by atoms with Crippen molar-refractivity contribution in [2.45, 2.75) is 13.1 Å². The number of phenols is 1. The number of nitrogens with zero attached hydrogens (tertiary/aromatic N) is 3. The van der Waals surface area contributed by atoms with E-state index in [4.69, 9.17) is 0 Å². The molecule has 0 saturated carbocycles. The molecule has 0 fully saturated rings. The van der Waals surface area contributed by atoms with Crippen LogP contribution in [-0.2, 0) is 20.1 Å². The first-order valence-corrected chi connectivity index (χ1v) is 5.69. The number of halogens is 1. The SMILES string of the molecule is CN(Cc1cccc(F)c1O)Cc1nccn1C. The van der Waals surface area contributed by atoms with Crippen molar-refractivity contribution >= 4 is 0 Å². The average Bonchev–Trinajstić information content (AvgIpc) is 2.71. The van der Waals surface area contributed by atoms with Crippen molar-refractivity contribution < 1.29 is 9.50 Å². The lowest BCUT2D eigenvalue weighted by Gasteiger charge is -2.17. The average molecular weight is 249 g/mol. The van der Waals surface area contributed by atoms with Crippen molar-refractivity contribution in [1.29, 1.82) is 0 Å². The number of imidazole rings is 1. The molecule has 5 heteroatoms. The number of aromatic nitrogens is 2. The smallest absolute Gasteiger partial charge is 0.165 e. The minimum Gasteiger partial charge on any atom is -0.505 e. The van der Waals surface area contributed by atoms with E-state index >= 15 is 0 Å². The molecule has 1 N–H and O–H groups in total. The Morgan fingerprint density at radius 1 is 1.39 bits per heavy atom. The minimum absolute atomic E-state index is 0.274. The van der Waals surface area contributed by atoms with Gasteiger partial charge in [-0.1, -0.05) is 12.1 Å². The van der Waals surface area contributed by atoms with Crippen molar-refractivity contribution in [2.24, 2.45) is 7.05 Å². The van der Waals surface area contributed by atoms with Crippen LogP contribution in [0.4, 0.5) is 4.39 Å². The second-order valence-electron chi connectivity index (χ2n) is 4.37. The van der Waals surface area contributed by atoms with E-state index in [0.29, 0.717) is 18.7 Å². The predicted molar refractivity (Wildman–Crippen MR) is 66.4 cm³/mol. The fraction of sp³-hybridized carbons (Fsp3) is 0.308. The molecule has 0 aliphatic rings. The molecule has 0 radical (unpaired) electrons. The van der Waals surface area contributed by atoms with Gasteiger partial charge in [-0.25, -0.2) is 9.37 Å². The van der Waals surface area contributed by atoms with Gasteiger partial charge in [0.2, 0.25) is 0 Å². The summed E-state index contributed by atoms with van der Waals surface area (Å²) in [5.41, 5.74) is 0.576. The number of phenolic OH excluding ortho intramolecular Hbond substituents is 1. The number of hydrogen-bond acceptors (Lipinski definition) is 3. The molecule has 96 valence electrons. The second kappa shape index (κ2) is 5.18. The summed E-state index contributed by atoms with van der Waals surface area (Å²) in [6.07, 6.45) is 3.62. The number of hydrogen-bond donors (Lipinski definition) is 1. The Balaban J connectivity index is 2.05. The summed E-state index contributed by atoms with van der Waals surface area (Å²) >= 11 is 0. The summed E-state index contributed by atoms with van der Waals surface area (Å²) < 4.78 is 15.1. The Morgan fingerprint density at radius 2 is 2.17 bits per heavy atom. The largest absolute Gasteiger partial charge is 0.505 e. The normalized spacial score (nSPS) is 11.1. The third-order valence-electron chi connectivity index (χ3n) is 2.84. The summed E-state index contributed by atoms with van der Waals surface area (Å²) in [5.74, 6) is 0.0653. The van der Waals surface area contributed by atoms with Crippen LogP contribution in [0.1, 0.15) is 11.4 Å². The fourth-order valence-electron chi connectivity index (χ4n) is 1.82. The van der Waals surface area contributed by atoms with Crippen LogP contribution in [0.5, 0.6) is 5.75 Å². The fourth-order valence-corrected chi connectivity index (χ4v) is 1.82. The molecular formula is C13H16FN3O. The second-order valence-corrected chi connectivity index (χ2v) is 4.37. The van der Waals surface area contributed by atoms with Crippen LogP contribution in [0.15, 0.2) is 30.6 Å². The highest BCUT2D eigenvalue weighted by molar-refractivity contribution is 5.33. The molecule has 0 bridgehead atoms. The van der Waals surface area contributed by atoms with Crippen LogP contribution >= 0.6 is 0 Å². The highest BCUT2D eigenvalue weighted by Crippen LogP contribution is 2.22. The molecule has 0 atom stereocenters. The van der Waals surface area contributed by atoms with Crippen molar-refractivity contribution in [1.82, 2.24) is 14.5 Å². The van der Waals surface area contributed by atoms with Crippen LogP contribution in [0.2, 0.25) is 0 Å². The zero-order valence-electron chi connectivity index (χ0n) is 10.5. The molecule has 1 heterocycles. The van der Waals surface area contributed by atoms with E-state index in [9.17, 15) is 9.50 Å². The third kappa shape index (κ3) is 2.68. The van der Waals surface area contributed by atoms with Gasteiger partial charge in [0.15, 0.2) is 11.6 Å². The highest BCUT2D eigenvalue weighted by Gasteiger charge is 2.10. The standard InChI is InChI=1S/C13H16FN3O/c1-16(9-12-15-6-7-17(12)2)8-10-4-3-5-11(14)13(10)18/h3-7,18H,8-9H2,1-2H3. The van der Waals surface area contributed by atoms with Crippen LogP contribution in [0.25, 0.3) is 0 Å². The van der Waals surface area contributed by atoms with E-state index in [1.54, 1.807) is 18.3 Å². The van der Waals surface area contributed by atoms with Crippen LogP contribution in [0, 0.1) is 5.82 Å². The molecule has 0 amide bonds. The number of aryl methyl sites for hydroxylation is 1. The summed E-state index contributed by atoms with van der Waals surface area (Å²) in [6.45, 7) is 1.11. The van der Waals surface area contributed by atoms with Gasteiger partial charge in [-0.2, -0.15) is 0 Å². The van der Waals surface area contributed by atoms with Crippen LogP contribution in [-0.4, -0.2) is 26.6 Å². The molecule has 0 aliphatic carbocycles. The van der Waals surface area contributed by atoms with E-state index in [1.807, 2.05) is 29.8 Å². The molecule has 0 spiro atoms. The summed E-state index contributed by atoms with van der Waals surface area (Å²) in [6, 6.07) is 4.56. The van der Waals surface area contributed by atoms with Crippen molar-refractivity contribution in [3.8, 4) is 5.75 Å². The predicted octanol–water partition coefficient (Wildman–Crippen LogP) is 1.90. The van der Waals surface area contributed by atoms with Gasteiger partial charge in [-0.3, -0.25) is 4.90 Å². The first-order valence-electron chi connectivity index (χ1n) is 5.69.